The molecule has 24 heavy (non-hydrogen) atoms. The number of thioether (sulfide) groups is 1. The van der Waals surface area contributed by atoms with Crippen molar-refractivity contribution in [1.29, 1.82) is 0 Å². The summed E-state index contributed by atoms with van der Waals surface area (Å²) in [6.07, 6.45) is 3.19. The third-order valence-corrected chi connectivity index (χ3v) is 5.94. The lowest BCUT2D eigenvalue weighted by molar-refractivity contribution is -0.132. The number of amides is 2. The Kier molecular flexibility index (Phi) is 4.50. The second kappa shape index (κ2) is 6.76. The lowest BCUT2D eigenvalue weighted by Crippen LogP contribution is -2.47. The Morgan fingerprint density at radius 2 is 2.12 bits per heavy atom. The highest BCUT2D eigenvalue weighted by molar-refractivity contribution is 8.00. The van der Waals surface area contributed by atoms with Crippen LogP contribution < -0.4 is 4.90 Å². The highest BCUT2D eigenvalue weighted by Crippen LogP contribution is 2.35. The van der Waals surface area contributed by atoms with Crippen LogP contribution in [0.5, 0.6) is 0 Å². The molecule has 2 amide bonds. The molecule has 2 aliphatic heterocycles. The van der Waals surface area contributed by atoms with Crippen molar-refractivity contribution in [2.45, 2.75) is 30.2 Å². The van der Waals surface area contributed by atoms with Crippen LogP contribution in [0.1, 0.15) is 19.3 Å². The summed E-state index contributed by atoms with van der Waals surface area (Å²) in [6, 6.07) is 8.20. The normalized spacial score (nSPS) is 23.2. The van der Waals surface area contributed by atoms with Crippen molar-refractivity contribution in [3.63, 3.8) is 0 Å². The molecule has 128 valence electrons. The summed E-state index contributed by atoms with van der Waals surface area (Å²) in [6.45, 7) is 2.47. The van der Waals surface area contributed by atoms with Crippen molar-refractivity contribution in [2.24, 2.45) is 5.92 Å². The lowest BCUT2D eigenvalue weighted by Gasteiger charge is -2.32. The molecule has 6 heteroatoms. The van der Waals surface area contributed by atoms with Crippen LogP contribution in [0.25, 0.3) is 0 Å². The van der Waals surface area contributed by atoms with E-state index in [9.17, 15) is 9.59 Å². The maximum Gasteiger partial charge on any atom is 0.242 e. The van der Waals surface area contributed by atoms with Gasteiger partial charge in [0.05, 0.1) is 18.0 Å². The Morgan fingerprint density at radius 3 is 2.88 bits per heavy atom. The number of hydrogen-bond donors (Lipinski definition) is 0. The zero-order valence-electron chi connectivity index (χ0n) is 13.6. The molecule has 1 saturated carbocycles. The van der Waals surface area contributed by atoms with Crippen LogP contribution in [0.4, 0.5) is 5.69 Å². The molecule has 1 saturated heterocycles. The Hall–Kier alpha value is -1.53. The fourth-order valence-corrected chi connectivity index (χ4v) is 4.34. The van der Waals surface area contributed by atoms with Crippen LogP contribution in [0.15, 0.2) is 29.2 Å². The van der Waals surface area contributed by atoms with E-state index < -0.39 is 0 Å². The van der Waals surface area contributed by atoms with E-state index in [1.807, 2.05) is 29.2 Å². The first kappa shape index (κ1) is 16.0. The van der Waals surface area contributed by atoms with E-state index in [0.29, 0.717) is 17.7 Å². The van der Waals surface area contributed by atoms with Gasteiger partial charge in [-0.3, -0.25) is 9.59 Å². The van der Waals surface area contributed by atoms with Crippen molar-refractivity contribution < 1.29 is 14.3 Å². The summed E-state index contributed by atoms with van der Waals surface area (Å²) in [5.41, 5.74) is 0.868. The summed E-state index contributed by atoms with van der Waals surface area (Å²) in [5, 5.41) is 0. The maximum absolute atomic E-state index is 12.9. The van der Waals surface area contributed by atoms with E-state index in [4.69, 9.17) is 4.74 Å². The molecule has 2 heterocycles. The molecule has 0 spiro atoms. The van der Waals surface area contributed by atoms with Crippen LogP contribution in [-0.4, -0.2) is 54.8 Å². The van der Waals surface area contributed by atoms with Gasteiger partial charge < -0.3 is 14.5 Å². The van der Waals surface area contributed by atoms with Crippen molar-refractivity contribution >= 4 is 29.3 Å². The van der Waals surface area contributed by atoms with Gasteiger partial charge in [0.15, 0.2) is 0 Å². The Morgan fingerprint density at radius 1 is 1.29 bits per heavy atom. The first-order valence-corrected chi connectivity index (χ1v) is 9.60. The van der Waals surface area contributed by atoms with Crippen LogP contribution in [0.3, 0.4) is 0 Å². The van der Waals surface area contributed by atoms with Crippen LogP contribution in [0.2, 0.25) is 0 Å². The van der Waals surface area contributed by atoms with Gasteiger partial charge in [0.1, 0.15) is 6.54 Å². The molecule has 1 unspecified atom stereocenters. The van der Waals surface area contributed by atoms with E-state index in [1.165, 1.54) is 0 Å². The van der Waals surface area contributed by atoms with Crippen LogP contribution in [0, 0.1) is 5.92 Å². The monoisotopic (exact) mass is 346 g/mol. The highest BCUT2D eigenvalue weighted by Gasteiger charge is 2.36. The SMILES string of the molecule is O=C1CSc2ccccc2N1CC(=O)N(CC1CCOC1)C1CC1. The summed E-state index contributed by atoms with van der Waals surface area (Å²) >= 11 is 1.55. The summed E-state index contributed by atoms with van der Waals surface area (Å²) in [5.74, 6) is 0.936. The van der Waals surface area contributed by atoms with Crippen LogP contribution >= 0.6 is 11.8 Å². The van der Waals surface area contributed by atoms with Crippen molar-refractivity contribution in [1.82, 2.24) is 4.90 Å². The van der Waals surface area contributed by atoms with E-state index in [-0.39, 0.29) is 18.4 Å². The van der Waals surface area contributed by atoms with Gasteiger partial charge in [-0.1, -0.05) is 12.1 Å². The molecule has 2 fully saturated rings. The molecule has 0 bridgehead atoms. The third-order valence-electron chi connectivity index (χ3n) is 4.89. The number of benzene rings is 1. The third kappa shape index (κ3) is 3.30. The van der Waals surface area contributed by atoms with Crippen molar-refractivity contribution in [3.05, 3.63) is 24.3 Å². The zero-order chi connectivity index (χ0) is 16.5. The van der Waals surface area contributed by atoms with Gasteiger partial charge in [0.25, 0.3) is 0 Å². The summed E-state index contributed by atoms with van der Waals surface area (Å²) in [4.78, 5) is 30.0. The van der Waals surface area contributed by atoms with Crippen molar-refractivity contribution in [3.8, 4) is 0 Å². The zero-order valence-corrected chi connectivity index (χ0v) is 14.5. The Bertz CT molecular complexity index is 641. The van der Waals surface area contributed by atoms with E-state index in [1.54, 1.807) is 16.7 Å². The Balaban J connectivity index is 1.48. The molecular weight excluding hydrogens is 324 g/mol. The summed E-state index contributed by atoms with van der Waals surface area (Å²) < 4.78 is 5.45. The summed E-state index contributed by atoms with van der Waals surface area (Å²) in [7, 11) is 0. The predicted octanol–water partition coefficient (Wildman–Crippen LogP) is 2.15. The van der Waals surface area contributed by atoms with E-state index in [2.05, 4.69) is 0 Å². The molecule has 1 atom stereocenters. The molecule has 0 radical (unpaired) electrons. The van der Waals surface area contributed by atoms with Gasteiger partial charge in [0, 0.05) is 30.0 Å². The number of ether oxygens (including phenoxy) is 1. The minimum absolute atomic E-state index is 0.0204. The number of nitrogens with zero attached hydrogens (tertiary/aromatic N) is 2. The lowest BCUT2D eigenvalue weighted by atomic mass is 10.1. The number of hydrogen-bond acceptors (Lipinski definition) is 4. The number of fused-ring (bicyclic) bond motifs is 1. The quantitative estimate of drug-likeness (QED) is 0.820. The average Bonchev–Trinajstić information content (AvgIpc) is 3.31. The molecule has 0 N–H and O–H groups in total. The second-order valence-electron chi connectivity index (χ2n) is 6.74. The molecular formula is C18H22N2O3S. The van der Waals surface area contributed by atoms with Gasteiger partial charge >= 0.3 is 0 Å². The van der Waals surface area contributed by atoms with E-state index in [0.717, 1.165) is 49.6 Å². The molecule has 3 aliphatic rings. The first-order chi connectivity index (χ1) is 11.7. The number of rotatable bonds is 5. The Labute approximate surface area is 146 Å². The molecule has 4 rings (SSSR count). The van der Waals surface area contributed by atoms with E-state index >= 15 is 0 Å². The van der Waals surface area contributed by atoms with Gasteiger partial charge in [0.2, 0.25) is 11.8 Å². The minimum Gasteiger partial charge on any atom is -0.381 e. The molecule has 0 aromatic heterocycles. The molecule has 1 aromatic carbocycles. The smallest absolute Gasteiger partial charge is 0.242 e. The van der Waals surface area contributed by atoms with Gasteiger partial charge in [-0.05, 0) is 31.4 Å². The fraction of sp³-hybridized carbons (Fsp3) is 0.556. The topological polar surface area (TPSA) is 49.9 Å². The second-order valence-corrected chi connectivity index (χ2v) is 7.76. The fourth-order valence-electron chi connectivity index (χ4n) is 3.40. The minimum atomic E-state index is 0.0204. The largest absolute Gasteiger partial charge is 0.381 e. The predicted molar refractivity (Wildman–Crippen MR) is 93.2 cm³/mol. The number of anilines is 1. The van der Waals surface area contributed by atoms with Crippen molar-refractivity contribution in [2.75, 3.05) is 37.0 Å². The number of para-hydroxylation sites is 1. The van der Waals surface area contributed by atoms with Crippen LogP contribution in [-0.2, 0) is 14.3 Å². The van der Waals surface area contributed by atoms with Gasteiger partial charge in [-0.25, -0.2) is 0 Å². The molecule has 5 nitrogen and oxygen atoms in total. The van der Waals surface area contributed by atoms with Gasteiger partial charge in [-0.2, -0.15) is 0 Å². The molecule has 1 aliphatic carbocycles. The molecule has 1 aromatic rings. The standard InChI is InChI=1S/C18H22N2O3S/c21-17(19(14-5-6-14)9-13-7-8-23-11-13)10-20-15-3-1-2-4-16(15)24-12-18(20)22/h1-4,13-14H,5-12H2. The van der Waals surface area contributed by atoms with Gasteiger partial charge in [-0.15, -0.1) is 11.8 Å². The number of carbonyl (C=O) groups excluding carboxylic acids is 2. The highest BCUT2D eigenvalue weighted by atomic mass is 32.2. The maximum atomic E-state index is 12.9. The average molecular weight is 346 g/mol. The number of carbonyl (C=O) groups is 2. The first-order valence-electron chi connectivity index (χ1n) is 8.62.